The molecule has 1 aliphatic heterocycles. The van der Waals surface area contributed by atoms with Gasteiger partial charge in [0.25, 0.3) is 0 Å². The maximum atomic E-state index is 14.8. The molecule has 1 heterocycles. The van der Waals surface area contributed by atoms with E-state index in [1.807, 2.05) is 36.9 Å². The number of ketones is 1. The number of hydrogen-bond donors (Lipinski definition) is 0. The molecule has 0 spiro atoms. The SMILES string of the molecule is CCN1CCN(c2ccc(C(=O)/C=C/c3cccc(OC)c3OC(C)C)cc2F)CC1. The maximum absolute atomic E-state index is 14.8. The van der Waals surface area contributed by atoms with E-state index in [2.05, 4.69) is 11.8 Å². The van der Waals surface area contributed by atoms with Gasteiger partial charge in [0.2, 0.25) is 0 Å². The van der Waals surface area contributed by atoms with Crippen molar-refractivity contribution in [1.82, 2.24) is 4.90 Å². The summed E-state index contributed by atoms with van der Waals surface area (Å²) in [5.41, 5.74) is 1.60. The Balaban J connectivity index is 1.75. The van der Waals surface area contributed by atoms with Crippen molar-refractivity contribution in [2.45, 2.75) is 26.9 Å². The summed E-state index contributed by atoms with van der Waals surface area (Å²) in [6.07, 6.45) is 3.08. The Labute approximate surface area is 184 Å². The predicted octanol–water partition coefficient (Wildman–Crippen LogP) is 4.66. The normalized spacial score (nSPS) is 15.0. The minimum absolute atomic E-state index is 0.0417. The highest BCUT2D eigenvalue weighted by Gasteiger charge is 2.19. The number of hydrogen-bond acceptors (Lipinski definition) is 5. The molecule has 1 saturated heterocycles. The number of likely N-dealkylation sites (N-methyl/N-ethyl adjacent to an activating group) is 1. The van der Waals surface area contributed by atoms with Gasteiger partial charge in [-0.25, -0.2) is 4.39 Å². The molecule has 6 heteroatoms. The summed E-state index contributed by atoms with van der Waals surface area (Å²) in [5.74, 6) is 0.549. The predicted molar refractivity (Wildman–Crippen MR) is 123 cm³/mol. The first-order chi connectivity index (χ1) is 14.9. The molecule has 0 amide bonds. The van der Waals surface area contributed by atoms with Crippen LogP contribution in [0.4, 0.5) is 10.1 Å². The minimum Gasteiger partial charge on any atom is -0.493 e. The van der Waals surface area contributed by atoms with Crippen LogP contribution < -0.4 is 14.4 Å². The highest BCUT2D eigenvalue weighted by Crippen LogP contribution is 2.33. The monoisotopic (exact) mass is 426 g/mol. The van der Waals surface area contributed by atoms with Crippen molar-refractivity contribution in [2.24, 2.45) is 0 Å². The zero-order valence-corrected chi connectivity index (χ0v) is 18.7. The van der Waals surface area contributed by atoms with Gasteiger partial charge in [0.05, 0.1) is 18.9 Å². The van der Waals surface area contributed by atoms with E-state index in [4.69, 9.17) is 9.47 Å². The smallest absolute Gasteiger partial charge is 0.185 e. The fourth-order valence-electron chi connectivity index (χ4n) is 3.67. The van der Waals surface area contributed by atoms with E-state index in [0.717, 1.165) is 38.3 Å². The van der Waals surface area contributed by atoms with Gasteiger partial charge in [-0.3, -0.25) is 4.79 Å². The molecule has 3 rings (SSSR count). The van der Waals surface area contributed by atoms with Crippen LogP contribution in [-0.2, 0) is 0 Å². The van der Waals surface area contributed by atoms with Crippen LogP contribution in [0.1, 0.15) is 36.7 Å². The van der Waals surface area contributed by atoms with Crippen molar-refractivity contribution < 1.29 is 18.7 Å². The van der Waals surface area contributed by atoms with E-state index in [1.165, 1.54) is 12.1 Å². The number of allylic oxidation sites excluding steroid dienone is 1. The molecule has 166 valence electrons. The first kappa shape index (κ1) is 22.8. The fraction of sp³-hybridized carbons (Fsp3) is 0.400. The third kappa shape index (κ3) is 5.64. The second-order valence-corrected chi connectivity index (χ2v) is 7.83. The van der Waals surface area contributed by atoms with Gasteiger partial charge in [-0.2, -0.15) is 0 Å². The van der Waals surface area contributed by atoms with Crippen LogP contribution in [0, 0.1) is 5.82 Å². The number of benzene rings is 2. The molecular weight excluding hydrogens is 395 g/mol. The number of carbonyl (C=O) groups is 1. The molecule has 0 N–H and O–H groups in total. The lowest BCUT2D eigenvalue weighted by Crippen LogP contribution is -2.46. The number of methoxy groups -OCH3 is 1. The van der Waals surface area contributed by atoms with Gasteiger partial charge in [0.15, 0.2) is 17.3 Å². The minimum atomic E-state index is -0.366. The summed E-state index contributed by atoms with van der Waals surface area (Å²) in [7, 11) is 1.58. The first-order valence-electron chi connectivity index (χ1n) is 10.8. The highest BCUT2D eigenvalue weighted by molar-refractivity contribution is 6.07. The second-order valence-electron chi connectivity index (χ2n) is 7.83. The van der Waals surface area contributed by atoms with Gasteiger partial charge in [0, 0.05) is 37.3 Å². The van der Waals surface area contributed by atoms with Crippen LogP contribution in [0.2, 0.25) is 0 Å². The van der Waals surface area contributed by atoms with Gasteiger partial charge in [-0.05, 0) is 56.8 Å². The van der Waals surface area contributed by atoms with Crippen LogP contribution in [0.25, 0.3) is 6.08 Å². The molecule has 1 fully saturated rings. The molecule has 2 aromatic rings. The number of piperazine rings is 1. The van der Waals surface area contributed by atoms with E-state index in [-0.39, 0.29) is 17.7 Å². The van der Waals surface area contributed by atoms with Crippen molar-refractivity contribution in [3.05, 3.63) is 59.4 Å². The van der Waals surface area contributed by atoms with Crippen molar-refractivity contribution in [1.29, 1.82) is 0 Å². The molecule has 31 heavy (non-hydrogen) atoms. The van der Waals surface area contributed by atoms with E-state index in [1.54, 1.807) is 25.3 Å². The Morgan fingerprint density at radius 3 is 2.52 bits per heavy atom. The van der Waals surface area contributed by atoms with Gasteiger partial charge in [-0.1, -0.05) is 19.1 Å². The van der Waals surface area contributed by atoms with Crippen molar-refractivity contribution >= 4 is 17.5 Å². The maximum Gasteiger partial charge on any atom is 0.185 e. The summed E-state index contributed by atoms with van der Waals surface area (Å²) in [6, 6.07) is 10.2. The topological polar surface area (TPSA) is 42.0 Å². The summed E-state index contributed by atoms with van der Waals surface area (Å²) in [5, 5.41) is 0. The number of anilines is 1. The van der Waals surface area contributed by atoms with E-state index < -0.39 is 0 Å². The molecular formula is C25H31FN2O3. The lowest BCUT2D eigenvalue weighted by atomic mass is 10.1. The number of ether oxygens (including phenoxy) is 2. The van der Waals surface area contributed by atoms with E-state index in [0.29, 0.717) is 22.7 Å². The van der Waals surface area contributed by atoms with Crippen LogP contribution in [-0.4, -0.2) is 56.6 Å². The number of carbonyl (C=O) groups excluding carboxylic acids is 1. The number of para-hydroxylation sites is 1. The van der Waals surface area contributed by atoms with Crippen molar-refractivity contribution in [3.63, 3.8) is 0 Å². The van der Waals surface area contributed by atoms with Crippen LogP contribution in [0.5, 0.6) is 11.5 Å². The van der Waals surface area contributed by atoms with Crippen molar-refractivity contribution in [2.75, 3.05) is 44.7 Å². The summed E-state index contributed by atoms with van der Waals surface area (Å²) in [4.78, 5) is 17.1. The Morgan fingerprint density at radius 2 is 1.90 bits per heavy atom. The van der Waals surface area contributed by atoms with Gasteiger partial charge < -0.3 is 19.3 Å². The number of nitrogens with zero attached hydrogens (tertiary/aromatic N) is 2. The summed E-state index contributed by atoms with van der Waals surface area (Å²) >= 11 is 0. The molecule has 0 saturated carbocycles. The molecule has 0 aromatic heterocycles. The zero-order valence-electron chi connectivity index (χ0n) is 18.7. The number of halogens is 1. The highest BCUT2D eigenvalue weighted by atomic mass is 19.1. The third-order valence-electron chi connectivity index (χ3n) is 5.39. The molecule has 2 aromatic carbocycles. The molecule has 0 atom stereocenters. The zero-order chi connectivity index (χ0) is 22.4. The third-order valence-corrected chi connectivity index (χ3v) is 5.39. The van der Waals surface area contributed by atoms with Gasteiger partial charge in [0.1, 0.15) is 5.82 Å². The van der Waals surface area contributed by atoms with Crippen LogP contribution in [0.15, 0.2) is 42.5 Å². The second kappa shape index (κ2) is 10.4. The summed E-state index contributed by atoms with van der Waals surface area (Å²) in [6.45, 7) is 10.4. The lowest BCUT2D eigenvalue weighted by molar-refractivity contribution is 0.104. The lowest BCUT2D eigenvalue weighted by Gasteiger charge is -2.35. The molecule has 0 unspecified atom stereocenters. The number of rotatable bonds is 8. The molecule has 1 aliphatic rings. The van der Waals surface area contributed by atoms with Crippen LogP contribution >= 0.6 is 0 Å². The largest absolute Gasteiger partial charge is 0.493 e. The Bertz CT molecular complexity index is 934. The van der Waals surface area contributed by atoms with E-state index >= 15 is 0 Å². The standard InChI is InChI=1S/C25H31FN2O3/c1-5-27-13-15-28(16-14-27)22-11-9-20(17-21(22)26)23(29)12-10-19-7-6-8-24(30-4)25(19)31-18(2)3/h6-12,17-18H,5,13-16H2,1-4H3/b12-10+. The van der Waals surface area contributed by atoms with Crippen LogP contribution in [0.3, 0.4) is 0 Å². The quantitative estimate of drug-likeness (QED) is 0.454. The molecule has 0 bridgehead atoms. The Morgan fingerprint density at radius 1 is 1.16 bits per heavy atom. The van der Waals surface area contributed by atoms with Gasteiger partial charge >= 0.3 is 0 Å². The van der Waals surface area contributed by atoms with Crippen molar-refractivity contribution in [3.8, 4) is 11.5 Å². The average molecular weight is 427 g/mol. The van der Waals surface area contributed by atoms with Gasteiger partial charge in [-0.15, -0.1) is 0 Å². The Kier molecular flexibility index (Phi) is 7.69. The average Bonchev–Trinajstić information content (AvgIpc) is 2.77. The Hall–Kier alpha value is -2.86. The molecule has 5 nitrogen and oxygen atoms in total. The fourth-order valence-corrected chi connectivity index (χ4v) is 3.67. The van der Waals surface area contributed by atoms with E-state index in [9.17, 15) is 9.18 Å². The summed E-state index contributed by atoms with van der Waals surface area (Å²) < 4.78 is 26.0. The molecule has 0 radical (unpaired) electrons. The molecule has 0 aliphatic carbocycles. The first-order valence-corrected chi connectivity index (χ1v) is 10.8.